The second-order valence-corrected chi connectivity index (χ2v) is 10.2. The monoisotopic (exact) mass is 559 g/mol. The highest BCUT2D eigenvalue weighted by Gasteiger charge is 2.36. The van der Waals surface area contributed by atoms with Crippen molar-refractivity contribution in [3.63, 3.8) is 0 Å². The topological polar surface area (TPSA) is 123 Å². The van der Waals surface area contributed by atoms with Crippen LogP contribution in [0.2, 0.25) is 0 Å². The van der Waals surface area contributed by atoms with Gasteiger partial charge >= 0.3 is 5.97 Å². The van der Waals surface area contributed by atoms with E-state index in [2.05, 4.69) is 5.32 Å². The molecule has 13 heteroatoms. The van der Waals surface area contributed by atoms with Gasteiger partial charge < -0.3 is 19.7 Å². The van der Waals surface area contributed by atoms with Crippen molar-refractivity contribution >= 4 is 63.6 Å². The summed E-state index contributed by atoms with van der Waals surface area (Å²) in [7, 11) is 0. The molecule has 11 nitrogen and oxygen atoms in total. The quantitative estimate of drug-likeness (QED) is 0.199. The first-order valence-electron chi connectivity index (χ1n) is 12.4. The molecule has 2 aliphatic heterocycles. The molecule has 1 atom stereocenters. The number of ether oxygens (including phenoxy) is 2. The Balaban J connectivity index is 1.76. The zero-order chi connectivity index (χ0) is 27.2. The third-order valence-corrected chi connectivity index (χ3v) is 7.42. The third kappa shape index (κ3) is 5.89. The number of carbonyl (C=O) groups excluding carboxylic acids is 3. The van der Waals surface area contributed by atoms with Crippen LogP contribution in [0, 0.1) is 0 Å². The number of esters is 1. The summed E-state index contributed by atoms with van der Waals surface area (Å²) in [5.74, 6) is -0.996. The molecule has 0 aromatic carbocycles. The van der Waals surface area contributed by atoms with Crippen molar-refractivity contribution < 1.29 is 23.9 Å². The van der Waals surface area contributed by atoms with Gasteiger partial charge in [-0.25, -0.2) is 4.98 Å². The van der Waals surface area contributed by atoms with Crippen LogP contribution >= 0.6 is 24.0 Å². The molecule has 38 heavy (non-hydrogen) atoms. The normalized spacial score (nSPS) is 18.9. The number of thiocarbonyl (C=S) groups is 1. The maximum Gasteiger partial charge on any atom is 0.308 e. The number of nitrogens with zero attached hydrogens (tertiary/aromatic N) is 4. The van der Waals surface area contributed by atoms with Crippen LogP contribution in [0.4, 0.5) is 5.82 Å². The van der Waals surface area contributed by atoms with E-state index in [0.29, 0.717) is 49.2 Å². The van der Waals surface area contributed by atoms with Crippen molar-refractivity contribution in [3.8, 4) is 0 Å². The van der Waals surface area contributed by atoms with E-state index < -0.39 is 17.6 Å². The highest BCUT2D eigenvalue weighted by atomic mass is 32.2. The van der Waals surface area contributed by atoms with Gasteiger partial charge in [-0.3, -0.25) is 28.5 Å². The number of fused-ring (bicyclic) bond motifs is 1. The molecule has 2 aromatic heterocycles. The Hall–Kier alpha value is -3.29. The number of hydrogen-bond acceptors (Lipinski definition) is 10. The molecule has 1 unspecified atom stereocenters. The highest BCUT2D eigenvalue weighted by molar-refractivity contribution is 8.26. The summed E-state index contributed by atoms with van der Waals surface area (Å²) in [5.41, 5.74) is 0.0918. The van der Waals surface area contributed by atoms with E-state index in [1.54, 1.807) is 36.2 Å². The van der Waals surface area contributed by atoms with Crippen molar-refractivity contribution in [2.45, 2.75) is 32.7 Å². The Kier molecular flexibility index (Phi) is 9.13. The molecule has 2 saturated heterocycles. The number of thioether (sulfide) groups is 1. The smallest absolute Gasteiger partial charge is 0.308 e. The number of nitrogens with one attached hydrogen (secondary N) is 1. The predicted octanol–water partition coefficient (Wildman–Crippen LogP) is 1.58. The van der Waals surface area contributed by atoms with E-state index >= 15 is 0 Å². The minimum Gasteiger partial charge on any atom is -0.466 e. The number of pyridine rings is 1. The summed E-state index contributed by atoms with van der Waals surface area (Å²) in [6.07, 6.45) is 3.48. The number of anilines is 1. The summed E-state index contributed by atoms with van der Waals surface area (Å²) < 4.78 is 12.2. The molecule has 0 bridgehead atoms. The first-order chi connectivity index (χ1) is 18.3. The minimum atomic E-state index is -0.930. The fraction of sp³-hybridized carbons (Fsp3) is 0.440. The van der Waals surface area contributed by atoms with Crippen molar-refractivity contribution in [1.29, 1.82) is 0 Å². The molecule has 2 fully saturated rings. The summed E-state index contributed by atoms with van der Waals surface area (Å²) in [6.45, 7) is 5.88. The Morgan fingerprint density at radius 2 is 2.08 bits per heavy atom. The van der Waals surface area contributed by atoms with Crippen LogP contribution in [-0.2, 0) is 23.9 Å². The minimum absolute atomic E-state index is 0.132. The maximum atomic E-state index is 13.7. The van der Waals surface area contributed by atoms with Crippen molar-refractivity contribution in [2.75, 3.05) is 44.4 Å². The highest BCUT2D eigenvalue weighted by Crippen LogP contribution is 2.34. The molecular formula is C25H29N5O6S2. The van der Waals surface area contributed by atoms with Crippen molar-refractivity contribution in [1.82, 2.24) is 19.6 Å². The van der Waals surface area contributed by atoms with Gasteiger partial charge in [0.25, 0.3) is 11.5 Å². The van der Waals surface area contributed by atoms with Crippen LogP contribution in [0.15, 0.2) is 34.1 Å². The molecule has 0 aliphatic carbocycles. The van der Waals surface area contributed by atoms with Gasteiger partial charge in [0.15, 0.2) is 0 Å². The van der Waals surface area contributed by atoms with E-state index in [0.717, 1.165) is 11.8 Å². The molecule has 2 amide bonds. The lowest BCUT2D eigenvalue weighted by atomic mass is 10.1. The summed E-state index contributed by atoms with van der Waals surface area (Å²) in [5, 5.41) is 2.76. The molecule has 2 aromatic rings. The Bertz CT molecular complexity index is 1340. The summed E-state index contributed by atoms with van der Waals surface area (Å²) >= 11 is 6.54. The fourth-order valence-corrected chi connectivity index (χ4v) is 5.57. The number of carbonyl (C=O) groups is 3. The van der Waals surface area contributed by atoms with Crippen LogP contribution in [0.1, 0.15) is 32.3 Å². The molecule has 0 radical (unpaired) electrons. The number of piperazine rings is 1. The Labute approximate surface area is 229 Å². The average molecular weight is 560 g/mol. The van der Waals surface area contributed by atoms with Crippen molar-refractivity contribution in [2.24, 2.45) is 0 Å². The molecular weight excluding hydrogens is 530 g/mol. The zero-order valence-electron chi connectivity index (χ0n) is 21.2. The number of amides is 2. The standard InChI is InChI=1S/C25H29N5O6S2/c1-3-35-13-7-11-30-24(34)18(38-25(30)37)14-16-21(27-19-8-5-6-10-29(19)23(16)33)28-12-9-26-22(32)17(28)15-20(31)36-4-2/h5-6,8,10,14,17H,3-4,7,9,11-13,15H2,1-2H3,(H,26,32)/b18-14-. The van der Waals surface area contributed by atoms with Crippen LogP contribution in [0.3, 0.4) is 0 Å². The van der Waals surface area contributed by atoms with Gasteiger partial charge in [-0.2, -0.15) is 0 Å². The SMILES string of the molecule is CCOCCCN1C(=O)/C(=C/c2c(N3CCNC(=O)C3CC(=O)OCC)nc3ccccn3c2=O)SC1=S. The van der Waals surface area contributed by atoms with E-state index in [1.165, 1.54) is 15.4 Å². The third-order valence-electron chi connectivity index (χ3n) is 6.04. The number of aromatic nitrogens is 2. The lowest BCUT2D eigenvalue weighted by Gasteiger charge is -2.36. The van der Waals surface area contributed by atoms with E-state index in [-0.39, 0.29) is 41.1 Å². The molecule has 0 spiro atoms. The summed E-state index contributed by atoms with van der Waals surface area (Å²) in [6, 6.07) is 4.20. The largest absolute Gasteiger partial charge is 0.466 e. The summed E-state index contributed by atoms with van der Waals surface area (Å²) in [4.78, 5) is 60.2. The molecule has 4 heterocycles. The van der Waals surface area contributed by atoms with Crippen LogP contribution < -0.4 is 15.8 Å². The second-order valence-electron chi connectivity index (χ2n) is 8.48. The van der Waals surface area contributed by atoms with E-state index in [4.69, 9.17) is 26.7 Å². The molecule has 202 valence electrons. The van der Waals surface area contributed by atoms with Gasteiger partial charge in [0.05, 0.1) is 23.5 Å². The lowest BCUT2D eigenvalue weighted by molar-refractivity contribution is -0.145. The Morgan fingerprint density at radius 1 is 1.26 bits per heavy atom. The van der Waals surface area contributed by atoms with Gasteiger partial charge in [0, 0.05) is 39.0 Å². The van der Waals surface area contributed by atoms with Crippen molar-refractivity contribution in [3.05, 3.63) is 45.2 Å². The molecule has 2 aliphatic rings. The van der Waals surface area contributed by atoms with E-state index in [1.807, 2.05) is 6.92 Å². The number of rotatable bonds is 10. The maximum absolute atomic E-state index is 13.7. The first kappa shape index (κ1) is 27.7. The number of hydrogen-bond donors (Lipinski definition) is 1. The lowest BCUT2D eigenvalue weighted by Crippen LogP contribution is -2.57. The molecule has 4 rings (SSSR count). The van der Waals surface area contributed by atoms with Gasteiger partial charge in [0.1, 0.15) is 21.8 Å². The van der Waals surface area contributed by atoms with Gasteiger partial charge in [-0.05, 0) is 38.5 Å². The van der Waals surface area contributed by atoms with Crippen LogP contribution in [0.5, 0.6) is 0 Å². The van der Waals surface area contributed by atoms with Crippen LogP contribution in [0.25, 0.3) is 11.7 Å². The second kappa shape index (κ2) is 12.5. The molecule has 0 saturated carbocycles. The van der Waals surface area contributed by atoms with Gasteiger partial charge in [-0.1, -0.05) is 30.0 Å². The average Bonchev–Trinajstić information content (AvgIpc) is 3.16. The van der Waals surface area contributed by atoms with E-state index in [9.17, 15) is 19.2 Å². The van der Waals surface area contributed by atoms with Gasteiger partial charge in [-0.15, -0.1) is 0 Å². The predicted molar refractivity (Wildman–Crippen MR) is 148 cm³/mol. The molecule has 1 N–H and O–H groups in total. The first-order valence-corrected chi connectivity index (χ1v) is 13.6. The Morgan fingerprint density at radius 3 is 2.84 bits per heavy atom. The fourth-order valence-electron chi connectivity index (χ4n) is 4.28. The zero-order valence-corrected chi connectivity index (χ0v) is 22.8. The van der Waals surface area contributed by atoms with Gasteiger partial charge in [0.2, 0.25) is 5.91 Å². The van der Waals surface area contributed by atoms with Crippen LogP contribution in [-0.4, -0.2) is 81.9 Å².